The van der Waals surface area contributed by atoms with Crippen LogP contribution < -0.4 is 5.73 Å². The molecule has 2 aromatic rings. The van der Waals surface area contributed by atoms with Crippen molar-refractivity contribution in [1.29, 1.82) is 0 Å². The third-order valence-electron chi connectivity index (χ3n) is 3.30. The van der Waals surface area contributed by atoms with Crippen molar-refractivity contribution in [1.82, 2.24) is 9.78 Å². The van der Waals surface area contributed by atoms with E-state index in [1.54, 1.807) is 0 Å². The summed E-state index contributed by atoms with van der Waals surface area (Å²) in [4.78, 5) is 0. The SMILES string of the molecule is CCc1ccc(Cn2cc(C(N)CC)cn2)cc1. The number of nitrogens with two attached hydrogens (primary N) is 1. The zero-order valence-electron chi connectivity index (χ0n) is 11.1. The predicted molar refractivity (Wildman–Crippen MR) is 74.4 cm³/mol. The summed E-state index contributed by atoms with van der Waals surface area (Å²) < 4.78 is 1.95. The van der Waals surface area contributed by atoms with Crippen molar-refractivity contribution in [3.8, 4) is 0 Å². The molecule has 2 N–H and O–H groups in total. The van der Waals surface area contributed by atoms with Crippen molar-refractivity contribution in [3.63, 3.8) is 0 Å². The van der Waals surface area contributed by atoms with Crippen molar-refractivity contribution in [3.05, 3.63) is 53.3 Å². The quantitative estimate of drug-likeness (QED) is 0.877. The van der Waals surface area contributed by atoms with Crippen molar-refractivity contribution < 1.29 is 0 Å². The molecule has 0 saturated carbocycles. The van der Waals surface area contributed by atoms with Crippen LogP contribution in [0.2, 0.25) is 0 Å². The Balaban J connectivity index is 2.06. The molecule has 18 heavy (non-hydrogen) atoms. The molecule has 2 rings (SSSR count). The molecule has 1 unspecified atom stereocenters. The summed E-state index contributed by atoms with van der Waals surface area (Å²) in [5, 5.41) is 4.36. The lowest BCUT2D eigenvalue weighted by molar-refractivity contribution is 0.675. The molecule has 1 atom stereocenters. The van der Waals surface area contributed by atoms with Gasteiger partial charge in [0.2, 0.25) is 0 Å². The van der Waals surface area contributed by atoms with Gasteiger partial charge in [0, 0.05) is 17.8 Å². The Morgan fingerprint density at radius 2 is 1.83 bits per heavy atom. The molecule has 0 amide bonds. The molecule has 0 spiro atoms. The smallest absolute Gasteiger partial charge is 0.0659 e. The molecule has 0 aliphatic heterocycles. The first kappa shape index (κ1) is 12.8. The van der Waals surface area contributed by atoms with Gasteiger partial charge in [-0.15, -0.1) is 0 Å². The molecule has 1 heterocycles. The highest BCUT2D eigenvalue weighted by molar-refractivity contribution is 5.23. The molecular weight excluding hydrogens is 222 g/mol. The number of hydrogen-bond donors (Lipinski definition) is 1. The second kappa shape index (κ2) is 5.83. The Labute approximate surface area is 109 Å². The first-order valence-electron chi connectivity index (χ1n) is 6.58. The van der Waals surface area contributed by atoms with Gasteiger partial charge in [-0.25, -0.2) is 0 Å². The number of aryl methyl sites for hydroxylation is 1. The summed E-state index contributed by atoms with van der Waals surface area (Å²) in [5.74, 6) is 0. The van der Waals surface area contributed by atoms with Crippen LogP contribution in [0.3, 0.4) is 0 Å². The van der Waals surface area contributed by atoms with E-state index in [0.29, 0.717) is 0 Å². The summed E-state index contributed by atoms with van der Waals surface area (Å²) in [6, 6.07) is 8.79. The van der Waals surface area contributed by atoms with Gasteiger partial charge in [-0.3, -0.25) is 4.68 Å². The van der Waals surface area contributed by atoms with E-state index in [2.05, 4.69) is 43.2 Å². The van der Waals surface area contributed by atoms with Crippen molar-refractivity contribution in [2.75, 3.05) is 0 Å². The van der Waals surface area contributed by atoms with E-state index >= 15 is 0 Å². The average Bonchev–Trinajstić information content (AvgIpc) is 2.87. The number of hydrogen-bond acceptors (Lipinski definition) is 2. The van der Waals surface area contributed by atoms with Crippen LogP contribution in [0.25, 0.3) is 0 Å². The van der Waals surface area contributed by atoms with E-state index in [1.807, 2.05) is 17.1 Å². The van der Waals surface area contributed by atoms with Crippen LogP contribution in [-0.4, -0.2) is 9.78 Å². The van der Waals surface area contributed by atoms with E-state index in [0.717, 1.165) is 24.9 Å². The number of benzene rings is 1. The minimum atomic E-state index is 0.0983. The van der Waals surface area contributed by atoms with E-state index in [9.17, 15) is 0 Å². The van der Waals surface area contributed by atoms with Crippen LogP contribution in [0.5, 0.6) is 0 Å². The molecule has 0 saturated heterocycles. The number of aromatic nitrogens is 2. The summed E-state index contributed by atoms with van der Waals surface area (Å²) in [6.07, 6.45) is 5.94. The number of nitrogens with zero attached hydrogens (tertiary/aromatic N) is 2. The fraction of sp³-hybridized carbons (Fsp3) is 0.400. The van der Waals surface area contributed by atoms with E-state index in [4.69, 9.17) is 5.73 Å². The Hall–Kier alpha value is -1.61. The summed E-state index contributed by atoms with van der Waals surface area (Å²) in [6.45, 7) is 5.06. The molecule has 0 fully saturated rings. The monoisotopic (exact) mass is 243 g/mol. The maximum Gasteiger partial charge on any atom is 0.0659 e. The maximum atomic E-state index is 5.99. The molecule has 3 nitrogen and oxygen atoms in total. The van der Waals surface area contributed by atoms with E-state index in [1.165, 1.54) is 11.1 Å². The zero-order valence-corrected chi connectivity index (χ0v) is 11.1. The van der Waals surface area contributed by atoms with Crippen molar-refractivity contribution >= 4 is 0 Å². The van der Waals surface area contributed by atoms with Crippen LogP contribution in [0.15, 0.2) is 36.7 Å². The van der Waals surface area contributed by atoms with Crippen molar-refractivity contribution in [2.24, 2.45) is 5.73 Å². The summed E-state index contributed by atoms with van der Waals surface area (Å²) in [7, 11) is 0. The molecule has 96 valence electrons. The first-order valence-corrected chi connectivity index (χ1v) is 6.58. The highest BCUT2D eigenvalue weighted by atomic mass is 15.3. The highest BCUT2D eigenvalue weighted by Crippen LogP contribution is 2.13. The molecular formula is C15H21N3. The minimum absolute atomic E-state index is 0.0983. The fourth-order valence-corrected chi connectivity index (χ4v) is 1.96. The molecule has 0 bridgehead atoms. The molecule has 0 aliphatic rings. The van der Waals surface area contributed by atoms with Gasteiger partial charge in [0.1, 0.15) is 0 Å². The second-order valence-corrected chi connectivity index (χ2v) is 4.66. The molecule has 0 aliphatic carbocycles. The standard InChI is InChI=1S/C15H21N3/c1-3-12-5-7-13(8-6-12)10-18-11-14(9-17-18)15(16)4-2/h5-9,11,15H,3-4,10,16H2,1-2H3. The Kier molecular flexibility index (Phi) is 4.15. The van der Waals surface area contributed by atoms with Crippen LogP contribution in [0.4, 0.5) is 0 Å². The minimum Gasteiger partial charge on any atom is -0.324 e. The van der Waals surface area contributed by atoms with E-state index in [-0.39, 0.29) is 6.04 Å². The lowest BCUT2D eigenvalue weighted by Gasteiger charge is -2.05. The average molecular weight is 243 g/mol. The van der Waals surface area contributed by atoms with Gasteiger partial charge in [-0.2, -0.15) is 5.10 Å². The van der Waals surface area contributed by atoms with Gasteiger partial charge in [0.05, 0.1) is 12.7 Å². The molecule has 3 heteroatoms. The Morgan fingerprint density at radius 3 is 2.44 bits per heavy atom. The molecule has 1 aromatic carbocycles. The van der Waals surface area contributed by atoms with E-state index < -0.39 is 0 Å². The summed E-state index contributed by atoms with van der Waals surface area (Å²) in [5.41, 5.74) is 9.74. The third-order valence-corrected chi connectivity index (χ3v) is 3.30. The lowest BCUT2D eigenvalue weighted by Crippen LogP contribution is -2.07. The van der Waals surface area contributed by atoms with Crippen LogP contribution in [0.1, 0.15) is 43.0 Å². The topological polar surface area (TPSA) is 43.8 Å². The second-order valence-electron chi connectivity index (χ2n) is 4.66. The van der Waals surface area contributed by atoms with Gasteiger partial charge in [-0.05, 0) is 24.0 Å². The lowest BCUT2D eigenvalue weighted by atomic mass is 10.1. The number of rotatable bonds is 5. The first-order chi connectivity index (χ1) is 8.72. The predicted octanol–water partition coefficient (Wildman–Crippen LogP) is 2.90. The highest BCUT2D eigenvalue weighted by Gasteiger charge is 2.06. The van der Waals surface area contributed by atoms with Crippen LogP contribution in [0, 0.1) is 0 Å². The van der Waals surface area contributed by atoms with Gasteiger partial charge < -0.3 is 5.73 Å². The Bertz CT molecular complexity index is 485. The summed E-state index contributed by atoms with van der Waals surface area (Å²) >= 11 is 0. The van der Waals surface area contributed by atoms with Gasteiger partial charge >= 0.3 is 0 Å². The van der Waals surface area contributed by atoms with Crippen molar-refractivity contribution in [2.45, 2.75) is 39.3 Å². The molecule has 0 radical (unpaired) electrons. The van der Waals surface area contributed by atoms with Gasteiger partial charge in [0.15, 0.2) is 0 Å². The normalized spacial score (nSPS) is 12.6. The van der Waals surface area contributed by atoms with Crippen LogP contribution in [-0.2, 0) is 13.0 Å². The fourth-order valence-electron chi connectivity index (χ4n) is 1.96. The van der Waals surface area contributed by atoms with Gasteiger partial charge in [0.25, 0.3) is 0 Å². The molecule has 1 aromatic heterocycles. The largest absolute Gasteiger partial charge is 0.324 e. The maximum absolute atomic E-state index is 5.99. The van der Waals surface area contributed by atoms with Gasteiger partial charge in [-0.1, -0.05) is 38.1 Å². The van der Waals surface area contributed by atoms with Crippen LogP contribution >= 0.6 is 0 Å². The third kappa shape index (κ3) is 2.99. The Morgan fingerprint density at radius 1 is 1.17 bits per heavy atom. The zero-order chi connectivity index (χ0) is 13.0.